The third-order valence-electron chi connectivity index (χ3n) is 2.56. The molecule has 0 unspecified atom stereocenters. The van der Waals surface area contributed by atoms with Gasteiger partial charge in [-0.1, -0.05) is 0 Å². The highest BCUT2D eigenvalue weighted by atomic mass is 16.5. The van der Waals surface area contributed by atoms with Gasteiger partial charge >= 0.3 is 5.97 Å². The highest BCUT2D eigenvalue weighted by molar-refractivity contribution is 5.86. The van der Waals surface area contributed by atoms with Gasteiger partial charge in [0.05, 0.1) is 6.54 Å². The van der Waals surface area contributed by atoms with Crippen molar-refractivity contribution >= 4 is 23.6 Å². The average molecular weight is 262 g/mol. The number of allylic oxidation sites excluding steroid dienone is 1. The van der Waals surface area contributed by atoms with Crippen molar-refractivity contribution in [1.82, 2.24) is 0 Å². The Morgan fingerprint density at radius 1 is 1.37 bits per heavy atom. The summed E-state index contributed by atoms with van der Waals surface area (Å²) in [4.78, 5) is 23.3. The summed E-state index contributed by atoms with van der Waals surface area (Å²) < 4.78 is 4.97. The molecule has 0 spiro atoms. The summed E-state index contributed by atoms with van der Waals surface area (Å²) in [6.45, 7) is 3.66. The van der Waals surface area contributed by atoms with Crippen LogP contribution in [0.2, 0.25) is 0 Å². The summed E-state index contributed by atoms with van der Waals surface area (Å²) in [5.41, 5.74) is 7.37. The van der Waals surface area contributed by atoms with Gasteiger partial charge in [-0.05, 0) is 37.3 Å². The van der Waals surface area contributed by atoms with E-state index in [1.165, 1.54) is 0 Å². The SMILES string of the molecule is CCN(CCOC(=O)/C=C/C=O)c1ccc(N)cc1. The monoisotopic (exact) mass is 262 g/mol. The van der Waals surface area contributed by atoms with E-state index in [9.17, 15) is 9.59 Å². The summed E-state index contributed by atoms with van der Waals surface area (Å²) in [6, 6.07) is 7.51. The van der Waals surface area contributed by atoms with Gasteiger partial charge in [0.1, 0.15) is 12.9 Å². The molecule has 0 aliphatic heterocycles. The molecule has 0 bridgehead atoms. The van der Waals surface area contributed by atoms with Crippen LogP contribution in [0.15, 0.2) is 36.4 Å². The van der Waals surface area contributed by atoms with Crippen molar-refractivity contribution in [3.63, 3.8) is 0 Å². The molecule has 0 radical (unpaired) electrons. The lowest BCUT2D eigenvalue weighted by atomic mass is 10.2. The van der Waals surface area contributed by atoms with Crippen LogP contribution >= 0.6 is 0 Å². The molecule has 1 aromatic carbocycles. The number of likely N-dealkylation sites (N-methyl/N-ethyl adjacent to an activating group) is 1. The van der Waals surface area contributed by atoms with E-state index in [1.54, 1.807) is 0 Å². The summed E-state index contributed by atoms with van der Waals surface area (Å²) in [6.07, 6.45) is 2.75. The molecule has 0 aliphatic carbocycles. The number of ether oxygens (including phenoxy) is 1. The largest absolute Gasteiger partial charge is 0.461 e. The van der Waals surface area contributed by atoms with E-state index in [4.69, 9.17) is 10.5 Å². The molecular weight excluding hydrogens is 244 g/mol. The number of anilines is 2. The first-order valence-electron chi connectivity index (χ1n) is 6.06. The van der Waals surface area contributed by atoms with Gasteiger partial charge in [0, 0.05) is 24.0 Å². The molecule has 19 heavy (non-hydrogen) atoms. The van der Waals surface area contributed by atoms with Crippen LogP contribution < -0.4 is 10.6 Å². The molecule has 0 aromatic heterocycles. The van der Waals surface area contributed by atoms with Gasteiger partial charge in [-0.25, -0.2) is 4.79 Å². The van der Waals surface area contributed by atoms with E-state index < -0.39 is 5.97 Å². The summed E-state index contributed by atoms with van der Waals surface area (Å²) >= 11 is 0. The average Bonchev–Trinajstić information content (AvgIpc) is 2.42. The Bertz CT molecular complexity index is 441. The molecular formula is C14H18N2O3. The quantitative estimate of drug-likeness (QED) is 0.348. The molecule has 0 fully saturated rings. The Labute approximate surface area is 112 Å². The zero-order valence-corrected chi connectivity index (χ0v) is 10.9. The standard InChI is InChI=1S/C14H18N2O3/c1-2-16(13-7-5-12(15)6-8-13)9-11-19-14(18)4-3-10-17/h3-8,10H,2,9,11,15H2,1H3/b4-3+. The van der Waals surface area contributed by atoms with Crippen LogP contribution in [0.1, 0.15) is 6.92 Å². The third kappa shape index (κ3) is 5.25. The number of carbonyl (C=O) groups excluding carboxylic acids is 2. The van der Waals surface area contributed by atoms with Crippen molar-refractivity contribution in [3.05, 3.63) is 36.4 Å². The number of carbonyl (C=O) groups is 2. The number of nitrogen functional groups attached to an aromatic ring is 1. The van der Waals surface area contributed by atoms with Gasteiger partial charge in [0.25, 0.3) is 0 Å². The van der Waals surface area contributed by atoms with Crippen molar-refractivity contribution in [3.8, 4) is 0 Å². The second-order valence-electron chi connectivity index (χ2n) is 3.83. The van der Waals surface area contributed by atoms with E-state index >= 15 is 0 Å². The second-order valence-corrected chi connectivity index (χ2v) is 3.83. The van der Waals surface area contributed by atoms with Crippen LogP contribution in [0.3, 0.4) is 0 Å². The van der Waals surface area contributed by atoms with Crippen LogP contribution in [0, 0.1) is 0 Å². The maximum absolute atomic E-state index is 11.1. The molecule has 5 heteroatoms. The van der Waals surface area contributed by atoms with E-state index in [0.29, 0.717) is 18.5 Å². The number of hydrogen-bond acceptors (Lipinski definition) is 5. The lowest BCUT2D eigenvalue weighted by molar-refractivity contribution is -0.137. The second kappa shape index (κ2) is 7.92. The normalized spacial score (nSPS) is 10.4. The van der Waals surface area contributed by atoms with Gasteiger partial charge < -0.3 is 15.4 Å². The summed E-state index contributed by atoms with van der Waals surface area (Å²) in [5, 5.41) is 0. The molecule has 0 amide bonds. The Morgan fingerprint density at radius 3 is 2.63 bits per heavy atom. The van der Waals surface area contributed by atoms with Crippen LogP contribution in [0.4, 0.5) is 11.4 Å². The maximum atomic E-state index is 11.1. The zero-order chi connectivity index (χ0) is 14.1. The fourth-order valence-electron chi connectivity index (χ4n) is 1.58. The lowest BCUT2D eigenvalue weighted by Gasteiger charge is -2.22. The van der Waals surface area contributed by atoms with Crippen LogP contribution in [0.5, 0.6) is 0 Å². The number of hydrogen-bond donors (Lipinski definition) is 1. The first kappa shape index (κ1) is 14.8. The zero-order valence-electron chi connectivity index (χ0n) is 10.9. The third-order valence-corrected chi connectivity index (χ3v) is 2.56. The smallest absolute Gasteiger partial charge is 0.330 e. The van der Waals surface area contributed by atoms with Gasteiger partial charge in [-0.3, -0.25) is 4.79 Å². The van der Waals surface area contributed by atoms with Gasteiger partial charge in [-0.15, -0.1) is 0 Å². The van der Waals surface area contributed by atoms with Crippen LogP contribution in [-0.2, 0) is 14.3 Å². The number of aldehydes is 1. The van der Waals surface area contributed by atoms with Crippen molar-refractivity contribution < 1.29 is 14.3 Å². The van der Waals surface area contributed by atoms with Crippen molar-refractivity contribution in [2.75, 3.05) is 30.3 Å². The number of rotatable bonds is 7. The van der Waals surface area contributed by atoms with Gasteiger partial charge in [0.2, 0.25) is 0 Å². The summed E-state index contributed by atoms with van der Waals surface area (Å²) in [7, 11) is 0. The fourth-order valence-corrected chi connectivity index (χ4v) is 1.58. The molecule has 102 valence electrons. The lowest BCUT2D eigenvalue weighted by Crippen LogP contribution is -2.27. The van der Waals surface area contributed by atoms with Crippen molar-refractivity contribution in [2.24, 2.45) is 0 Å². The minimum Gasteiger partial charge on any atom is -0.461 e. The predicted molar refractivity (Wildman–Crippen MR) is 74.9 cm³/mol. The molecule has 1 aromatic rings. The Morgan fingerprint density at radius 2 is 2.05 bits per heavy atom. The van der Waals surface area contributed by atoms with Crippen LogP contribution in [-0.4, -0.2) is 32.0 Å². The number of nitrogens with zero attached hydrogens (tertiary/aromatic N) is 1. The molecule has 0 aliphatic rings. The van der Waals surface area contributed by atoms with E-state index in [1.807, 2.05) is 31.2 Å². The first-order chi connectivity index (χ1) is 9.17. The van der Waals surface area contributed by atoms with E-state index in [-0.39, 0.29) is 6.61 Å². The molecule has 0 heterocycles. The minimum atomic E-state index is -0.513. The number of benzene rings is 1. The Balaban J connectivity index is 2.45. The first-order valence-corrected chi connectivity index (χ1v) is 6.06. The summed E-state index contributed by atoms with van der Waals surface area (Å²) in [5.74, 6) is -0.513. The van der Waals surface area contributed by atoms with Gasteiger partial charge in [0.15, 0.2) is 0 Å². The number of esters is 1. The Hall–Kier alpha value is -2.30. The fraction of sp³-hybridized carbons (Fsp3) is 0.286. The van der Waals surface area contributed by atoms with E-state index in [2.05, 4.69) is 4.90 Å². The Kier molecular flexibility index (Phi) is 6.15. The van der Waals surface area contributed by atoms with Gasteiger partial charge in [-0.2, -0.15) is 0 Å². The van der Waals surface area contributed by atoms with Crippen LogP contribution in [0.25, 0.3) is 0 Å². The molecule has 1 rings (SSSR count). The highest BCUT2D eigenvalue weighted by Crippen LogP contribution is 2.15. The number of nitrogens with two attached hydrogens (primary N) is 1. The molecule has 2 N–H and O–H groups in total. The molecule has 0 saturated carbocycles. The van der Waals surface area contributed by atoms with E-state index in [0.717, 1.165) is 24.4 Å². The minimum absolute atomic E-state index is 0.264. The highest BCUT2D eigenvalue weighted by Gasteiger charge is 2.05. The molecule has 5 nitrogen and oxygen atoms in total. The van der Waals surface area contributed by atoms with Crippen molar-refractivity contribution in [2.45, 2.75) is 6.92 Å². The van der Waals surface area contributed by atoms with Crippen molar-refractivity contribution in [1.29, 1.82) is 0 Å². The predicted octanol–water partition coefficient (Wildman–Crippen LogP) is 1.39. The topological polar surface area (TPSA) is 72.6 Å². The molecule has 0 saturated heterocycles. The maximum Gasteiger partial charge on any atom is 0.330 e. The molecule has 0 atom stereocenters.